The standard InChI is InChI=1S/C20H34NO7P/c1-7-26-29(23,27-8-2)14-16-17(19(22)24-6)15(18(28-16)20(3,4)5)13-21-9-11-25-12-10-21/h7-14H2,1-6H3. The molecule has 0 spiro atoms. The van der Waals surface area contributed by atoms with E-state index in [1.54, 1.807) is 13.8 Å². The van der Waals surface area contributed by atoms with E-state index >= 15 is 0 Å². The second-order valence-corrected chi connectivity index (χ2v) is 10.00. The second-order valence-electron chi connectivity index (χ2n) is 7.94. The molecule has 0 amide bonds. The molecule has 1 aromatic heterocycles. The van der Waals surface area contributed by atoms with Crippen molar-refractivity contribution in [3.05, 3.63) is 22.6 Å². The van der Waals surface area contributed by atoms with Crippen molar-refractivity contribution in [3.8, 4) is 0 Å². The van der Waals surface area contributed by atoms with Gasteiger partial charge in [0.05, 0.1) is 33.5 Å². The Kier molecular flexibility index (Phi) is 8.49. The number of ether oxygens (including phenoxy) is 2. The molecule has 0 atom stereocenters. The van der Waals surface area contributed by atoms with Crippen molar-refractivity contribution in [1.82, 2.24) is 4.90 Å². The molecule has 0 bridgehead atoms. The van der Waals surface area contributed by atoms with Crippen LogP contribution in [0.5, 0.6) is 0 Å². The van der Waals surface area contributed by atoms with E-state index in [-0.39, 0.29) is 30.6 Å². The second kappa shape index (κ2) is 10.2. The average Bonchev–Trinajstić information content (AvgIpc) is 3.00. The smallest absolute Gasteiger partial charge is 0.341 e. The van der Waals surface area contributed by atoms with E-state index in [4.69, 9.17) is 22.9 Å². The summed E-state index contributed by atoms with van der Waals surface area (Å²) >= 11 is 0. The maximum Gasteiger partial charge on any atom is 0.341 e. The van der Waals surface area contributed by atoms with Crippen LogP contribution < -0.4 is 0 Å². The maximum atomic E-state index is 13.1. The van der Waals surface area contributed by atoms with Gasteiger partial charge in [0.2, 0.25) is 0 Å². The predicted molar refractivity (Wildman–Crippen MR) is 109 cm³/mol. The Bertz CT molecular complexity index is 722. The molecule has 9 heteroatoms. The molecule has 8 nitrogen and oxygen atoms in total. The molecular formula is C20H34NO7P. The quantitative estimate of drug-likeness (QED) is 0.429. The molecule has 1 fully saturated rings. The highest BCUT2D eigenvalue weighted by Gasteiger charge is 2.37. The van der Waals surface area contributed by atoms with Crippen molar-refractivity contribution in [2.75, 3.05) is 46.6 Å². The van der Waals surface area contributed by atoms with Crippen molar-refractivity contribution in [3.63, 3.8) is 0 Å². The van der Waals surface area contributed by atoms with Gasteiger partial charge < -0.3 is 22.9 Å². The van der Waals surface area contributed by atoms with Gasteiger partial charge in [-0.1, -0.05) is 20.8 Å². The van der Waals surface area contributed by atoms with Gasteiger partial charge in [-0.2, -0.15) is 0 Å². The van der Waals surface area contributed by atoms with Gasteiger partial charge in [0.1, 0.15) is 23.2 Å². The van der Waals surface area contributed by atoms with Crippen LogP contribution in [0.3, 0.4) is 0 Å². The number of hydrogen-bond acceptors (Lipinski definition) is 8. The highest BCUT2D eigenvalue weighted by atomic mass is 31.2. The molecule has 0 N–H and O–H groups in total. The molecule has 0 aliphatic carbocycles. The molecule has 0 radical (unpaired) electrons. The summed E-state index contributed by atoms with van der Waals surface area (Å²) < 4.78 is 40.6. The van der Waals surface area contributed by atoms with Crippen LogP contribution in [0.2, 0.25) is 0 Å². The molecular weight excluding hydrogens is 397 g/mol. The Labute approximate surface area is 173 Å². The molecule has 0 unspecified atom stereocenters. The fourth-order valence-corrected chi connectivity index (χ4v) is 5.02. The minimum absolute atomic E-state index is 0.120. The lowest BCUT2D eigenvalue weighted by molar-refractivity contribution is 0.0335. The minimum atomic E-state index is -3.45. The first-order valence-electron chi connectivity index (χ1n) is 10.1. The van der Waals surface area contributed by atoms with Crippen molar-refractivity contribution in [2.24, 2.45) is 0 Å². The number of carbonyl (C=O) groups is 1. The predicted octanol–water partition coefficient (Wildman–Crippen LogP) is 3.96. The average molecular weight is 431 g/mol. The Morgan fingerprint density at radius 1 is 1.14 bits per heavy atom. The van der Waals surface area contributed by atoms with Crippen molar-refractivity contribution in [1.29, 1.82) is 0 Å². The van der Waals surface area contributed by atoms with E-state index in [1.165, 1.54) is 7.11 Å². The number of hydrogen-bond donors (Lipinski definition) is 0. The van der Waals surface area contributed by atoms with Gasteiger partial charge in [0.15, 0.2) is 0 Å². The number of esters is 1. The molecule has 1 aromatic rings. The highest BCUT2D eigenvalue weighted by Crippen LogP contribution is 2.53. The molecule has 29 heavy (non-hydrogen) atoms. The van der Waals surface area contributed by atoms with Crippen LogP contribution >= 0.6 is 7.60 Å². The van der Waals surface area contributed by atoms with E-state index < -0.39 is 13.6 Å². The fraction of sp³-hybridized carbons (Fsp3) is 0.750. The van der Waals surface area contributed by atoms with Crippen molar-refractivity contribution in [2.45, 2.75) is 52.7 Å². The molecule has 0 saturated carbocycles. The van der Waals surface area contributed by atoms with Crippen molar-refractivity contribution < 1.29 is 32.3 Å². The number of rotatable bonds is 9. The zero-order chi connectivity index (χ0) is 21.7. The molecule has 1 aliphatic rings. The summed E-state index contributed by atoms with van der Waals surface area (Å²) in [6, 6.07) is 0. The van der Waals surface area contributed by atoms with Crippen LogP contribution in [0.4, 0.5) is 0 Å². The first kappa shape index (κ1) is 24.1. The summed E-state index contributed by atoms with van der Waals surface area (Å²) in [6.45, 7) is 13.4. The zero-order valence-corrected chi connectivity index (χ0v) is 19.3. The zero-order valence-electron chi connectivity index (χ0n) is 18.4. The Morgan fingerprint density at radius 3 is 2.21 bits per heavy atom. The van der Waals surface area contributed by atoms with Crippen molar-refractivity contribution >= 4 is 13.6 Å². The number of carbonyl (C=O) groups excluding carboxylic acids is 1. The molecule has 2 heterocycles. The topological polar surface area (TPSA) is 87.4 Å². The summed E-state index contributed by atoms with van der Waals surface area (Å²) in [5, 5.41) is 0. The molecule has 1 saturated heterocycles. The third-order valence-electron chi connectivity index (χ3n) is 4.62. The van der Waals surface area contributed by atoms with E-state index in [0.29, 0.717) is 31.1 Å². The van der Waals surface area contributed by atoms with Gasteiger partial charge in [0, 0.05) is 30.6 Å². The Hall–Kier alpha value is -1.18. The summed E-state index contributed by atoms with van der Waals surface area (Å²) in [5.74, 6) is 0.455. The van der Waals surface area contributed by atoms with Gasteiger partial charge >= 0.3 is 13.6 Å². The first-order chi connectivity index (χ1) is 13.6. The molecule has 2 rings (SSSR count). The third kappa shape index (κ3) is 6.15. The van der Waals surface area contributed by atoms with E-state index in [2.05, 4.69) is 4.90 Å². The van der Waals surface area contributed by atoms with E-state index in [9.17, 15) is 9.36 Å². The molecule has 166 valence electrons. The van der Waals surface area contributed by atoms with Gasteiger partial charge in [-0.25, -0.2) is 4.79 Å². The number of methoxy groups -OCH3 is 1. The fourth-order valence-electron chi connectivity index (χ4n) is 3.41. The van der Waals surface area contributed by atoms with Gasteiger partial charge in [-0.15, -0.1) is 0 Å². The summed E-state index contributed by atoms with van der Waals surface area (Å²) in [6.07, 6.45) is -0.120. The van der Waals surface area contributed by atoms with E-state index in [0.717, 1.165) is 18.7 Å². The van der Waals surface area contributed by atoms with Gasteiger partial charge in [-0.05, 0) is 13.8 Å². The minimum Gasteiger partial charge on any atom is -0.465 e. The summed E-state index contributed by atoms with van der Waals surface area (Å²) in [7, 11) is -2.12. The summed E-state index contributed by atoms with van der Waals surface area (Å²) in [5.41, 5.74) is 0.730. The van der Waals surface area contributed by atoms with Crippen LogP contribution in [0.15, 0.2) is 4.42 Å². The van der Waals surface area contributed by atoms with Gasteiger partial charge in [-0.3, -0.25) is 9.46 Å². The first-order valence-corrected chi connectivity index (χ1v) is 11.8. The lowest BCUT2D eigenvalue weighted by Crippen LogP contribution is -2.36. The normalized spacial score (nSPS) is 16.2. The Balaban J connectivity index is 2.54. The molecule has 1 aliphatic heterocycles. The van der Waals surface area contributed by atoms with Crippen LogP contribution in [0.25, 0.3) is 0 Å². The van der Waals surface area contributed by atoms with Crippen LogP contribution in [-0.4, -0.2) is 57.5 Å². The monoisotopic (exact) mass is 431 g/mol. The lowest BCUT2D eigenvalue weighted by Gasteiger charge is -2.28. The van der Waals surface area contributed by atoms with Gasteiger partial charge in [0.25, 0.3) is 0 Å². The van der Waals surface area contributed by atoms with E-state index in [1.807, 2.05) is 20.8 Å². The van der Waals surface area contributed by atoms with Crippen LogP contribution in [-0.2, 0) is 41.2 Å². The van der Waals surface area contributed by atoms with Crippen LogP contribution in [0, 0.1) is 0 Å². The Morgan fingerprint density at radius 2 is 1.72 bits per heavy atom. The third-order valence-corrected chi connectivity index (χ3v) is 6.60. The lowest BCUT2D eigenvalue weighted by atomic mass is 9.89. The number of morpholine rings is 1. The largest absolute Gasteiger partial charge is 0.465 e. The molecule has 0 aromatic carbocycles. The maximum absolute atomic E-state index is 13.1. The van der Waals surface area contributed by atoms with Crippen LogP contribution in [0.1, 0.15) is 62.1 Å². The number of furan rings is 1. The summed E-state index contributed by atoms with van der Waals surface area (Å²) in [4.78, 5) is 15.0. The number of nitrogens with zero attached hydrogens (tertiary/aromatic N) is 1. The SMILES string of the molecule is CCOP(=O)(Cc1oc(C(C)(C)C)c(CN2CCOCC2)c1C(=O)OC)OCC. The highest BCUT2D eigenvalue weighted by molar-refractivity contribution is 7.53.